The van der Waals surface area contributed by atoms with Crippen molar-refractivity contribution in [2.75, 3.05) is 18.9 Å². The standard InChI is InChI=1S/C19H18N10O3/c1-28-9-7-19(31,16(28)30)15-10-14(26-32-15)12-5-3-4-11(21-12)13-6-8-20-17(22-13)23-18-24-27-29(2)25-18/h3-6,8,10,31H,7,9H2,1-2H3,(H,20,22,23,25). The molecule has 5 heterocycles. The summed E-state index contributed by atoms with van der Waals surface area (Å²) >= 11 is 0. The minimum atomic E-state index is -1.71. The van der Waals surface area contributed by atoms with Gasteiger partial charge in [0, 0.05) is 32.3 Å². The molecule has 1 atom stereocenters. The maximum absolute atomic E-state index is 12.3. The smallest absolute Gasteiger partial charge is 0.270 e. The summed E-state index contributed by atoms with van der Waals surface area (Å²) in [5, 5.41) is 29.3. The largest absolute Gasteiger partial charge is 0.373 e. The van der Waals surface area contributed by atoms with Crippen molar-refractivity contribution in [3.8, 4) is 22.8 Å². The number of aliphatic hydroxyl groups is 1. The minimum Gasteiger partial charge on any atom is -0.373 e. The Morgan fingerprint density at radius 2 is 1.88 bits per heavy atom. The Bertz CT molecular complexity index is 1300. The number of hydrogen-bond acceptors (Lipinski definition) is 11. The predicted octanol–water partition coefficient (Wildman–Crippen LogP) is 0.510. The lowest BCUT2D eigenvalue weighted by Crippen LogP contribution is -2.35. The monoisotopic (exact) mass is 434 g/mol. The molecule has 0 bridgehead atoms. The molecule has 1 aliphatic heterocycles. The number of pyridine rings is 1. The number of aryl methyl sites for hydroxylation is 1. The first-order valence-electron chi connectivity index (χ1n) is 9.69. The molecule has 162 valence electrons. The highest BCUT2D eigenvalue weighted by molar-refractivity contribution is 5.87. The second kappa shape index (κ2) is 7.46. The maximum atomic E-state index is 12.3. The Labute approximate surface area is 181 Å². The number of likely N-dealkylation sites (N-methyl/N-ethyl adjacent to an activating group) is 1. The Morgan fingerprint density at radius 1 is 1.09 bits per heavy atom. The molecule has 0 spiro atoms. The fraction of sp³-hybridized carbons (Fsp3) is 0.263. The number of hydrogen-bond donors (Lipinski definition) is 2. The van der Waals surface area contributed by atoms with Crippen molar-refractivity contribution in [3.05, 3.63) is 42.3 Å². The minimum absolute atomic E-state index is 0.0963. The molecule has 0 radical (unpaired) electrons. The van der Waals surface area contributed by atoms with E-state index in [0.717, 1.165) is 0 Å². The number of rotatable bonds is 5. The van der Waals surface area contributed by atoms with Crippen LogP contribution in [0.4, 0.5) is 11.9 Å². The molecule has 1 saturated heterocycles. The van der Waals surface area contributed by atoms with E-state index in [4.69, 9.17) is 4.52 Å². The highest BCUT2D eigenvalue weighted by Crippen LogP contribution is 2.34. The molecule has 1 aliphatic rings. The number of carbonyl (C=O) groups excluding carboxylic acids is 1. The Hall–Kier alpha value is -4.26. The third-order valence-electron chi connectivity index (χ3n) is 5.09. The number of amides is 1. The molecule has 0 aliphatic carbocycles. The van der Waals surface area contributed by atoms with Crippen LogP contribution in [-0.4, -0.2) is 69.8 Å². The molecule has 0 saturated carbocycles. The number of aromatic nitrogens is 8. The van der Waals surface area contributed by atoms with E-state index >= 15 is 0 Å². The molecule has 5 rings (SSSR count). The van der Waals surface area contributed by atoms with E-state index in [1.165, 1.54) is 15.8 Å². The van der Waals surface area contributed by atoms with Gasteiger partial charge in [-0.05, 0) is 23.4 Å². The summed E-state index contributed by atoms with van der Waals surface area (Å²) < 4.78 is 5.31. The summed E-state index contributed by atoms with van der Waals surface area (Å²) in [4.78, 5) is 28.3. The maximum Gasteiger partial charge on any atom is 0.270 e. The van der Waals surface area contributed by atoms with Crippen LogP contribution >= 0.6 is 0 Å². The van der Waals surface area contributed by atoms with E-state index in [2.05, 4.69) is 40.8 Å². The van der Waals surface area contributed by atoms with E-state index in [0.29, 0.717) is 29.3 Å². The molecule has 2 N–H and O–H groups in total. The fourth-order valence-corrected chi connectivity index (χ4v) is 3.39. The second-order valence-electron chi connectivity index (χ2n) is 7.31. The number of anilines is 2. The topological polar surface area (TPSA) is 161 Å². The van der Waals surface area contributed by atoms with Crippen LogP contribution in [0.15, 0.2) is 41.1 Å². The summed E-state index contributed by atoms with van der Waals surface area (Å²) in [6.45, 7) is 0.438. The van der Waals surface area contributed by atoms with E-state index in [1.54, 1.807) is 44.6 Å². The molecule has 1 amide bonds. The van der Waals surface area contributed by atoms with Crippen molar-refractivity contribution in [2.45, 2.75) is 12.0 Å². The van der Waals surface area contributed by atoms with E-state index in [-0.39, 0.29) is 24.1 Å². The number of likely N-dealkylation sites (tertiary alicyclic amines) is 1. The summed E-state index contributed by atoms with van der Waals surface area (Å²) in [6, 6.07) is 8.59. The average Bonchev–Trinajstić information content (AvgIpc) is 3.52. The second-order valence-corrected chi connectivity index (χ2v) is 7.31. The van der Waals surface area contributed by atoms with Gasteiger partial charge in [0.1, 0.15) is 5.69 Å². The first-order valence-corrected chi connectivity index (χ1v) is 9.69. The van der Waals surface area contributed by atoms with Crippen LogP contribution in [0.1, 0.15) is 12.2 Å². The van der Waals surface area contributed by atoms with Gasteiger partial charge in [-0.3, -0.25) is 10.1 Å². The summed E-state index contributed by atoms with van der Waals surface area (Å²) in [6.07, 6.45) is 1.82. The van der Waals surface area contributed by atoms with Crippen molar-refractivity contribution < 1.29 is 14.4 Å². The zero-order chi connectivity index (χ0) is 22.3. The van der Waals surface area contributed by atoms with Gasteiger partial charge in [0.25, 0.3) is 11.9 Å². The Morgan fingerprint density at radius 3 is 2.59 bits per heavy atom. The molecule has 32 heavy (non-hydrogen) atoms. The van der Waals surface area contributed by atoms with Gasteiger partial charge in [-0.15, -0.1) is 5.10 Å². The third-order valence-corrected chi connectivity index (χ3v) is 5.09. The normalized spacial score (nSPS) is 18.3. The first kappa shape index (κ1) is 19.7. The predicted molar refractivity (Wildman–Crippen MR) is 109 cm³/mol. The zero-order valence-corrected chi connectivity index (χ0v) is 17.2. The van der Waals surface area contributed by atoms with Crippen LogP contribution in [0.5, 0.6) is 0 Å². The summed E-state index contributed by atoms with van der Waals surface area (Å²) in [5.41, 5.74) is 0.319. The van der Waals surface area contributed by atoms with E-state index < -0.39 is 11.5 Å². The Balaban J connectivity index is 1.42. The molecule has 1 fully saturated rings. The molecular weight excluding hydrogens is 416 g/mol. The summed E-state index contributed by atoms with van der Waals surface area (Å²) in [7, 11) is 3.29. The number of tetrazole rings is 1. The van der Waals surface area contributed by atoms with E-state index in [9.17, 15) is 9.90 Å². The fourth-order valence-electron chi connectivity index (χ4n) is 3.39. The number of nitrogens with zero attached hydrogens (tertiary/aromatic N) is 9. The van der Waals surface area contributed by atoms with Crippen LogP contribution < -0.4 is 5.32 Å². The SMILES string of the molecule is CN1CCC(O)(c2cc(-c3cccc(-c4ccnc(Nc5nnn(C)n5)n4)n3)no2)C1=O. The van der Waals surface area contributed by atoms with Crippen molar-refractivity contribution in [3.63, 3.8) is 0 Å². The van der Waals surface area contributed by atoms with Gasteiger partial charge in [-0.25, -0.2) is 15.0 Å². The molecule has 1 unspecified atom stereocenters. The quantitative estimate of drug-likeness (QED) is 0.450. The molecular formula is C19H18N10O3. The van der Waals surface area contributed by atoms with Crippen molar-refractivity contribution in [1.82, 2.24) is 45.2 Å². The Kier molecular flexibility index (Phi) is 4.59. The van der Waals surface area contributed by atoms with Gasteiger partial charge in [0.15, 0.2) is 5.76 Å². The van der Waals surface area contributed by atoms with Crippen LogP contribution in [0.25, 0.3) is 22.8 Å². The van der Waals surface area contributed by atoms with Gasteiger partial charge >= 0.3 is 0 Å². The average molecular weight is 434 g/mol. The zero-order valence-electron chi connectivity index (χ0n) is 17.2. The molecule has 4 aromatic rings. The lowest BCUT2D eigenvalue weighted by atomic mass is 9.98. The number of carbonyl (C=O) groups is 1. The highest BCUT2D eigenvalue weighted by atomic mass is 16.5. The van der Waals surface area contributed by atoms with Crippen LogP contribution in [0.2, 0.25) is 0 Å². The number of nitrogens with one attached hydrogen (secondary N) is 1. The van der Waals surface area contributed by atoms with Gasteiger partial charge in [0.05, 0.1) is 24.1 Å². The van der Waals surface area contributed by atoms with Crippen LogP contribution in [0.3, 0.4) is 0 Å². The lowest BCUT2D eigenvalue weighted by Gasteiger charge is -2.16. The molecule has 13 heteroatoms. The van der Waals surface area contributed by atoms with Crippen LogP contribution in [0, 0.1) is 0 Å². The first-order chi connectivity index (χ1) is 15.4. The lowest BCUT2D eigenvalue weighted by molar-refractivity contribution is -0.144. The van der Waals surface area contributed by atoms with Gasteiger partial charge < -0.3 is 14.5 Å². The highest BCUT2D eigenvalue weighted by Gasteiger charge is 2.48. The van der Waals surface area contributed by atoms with Crippen molar-refractivity contribution in [1.29, 1.82) is 0 Å². The van der Waals surface area contributed by atoms with Crippen LogP contribution in [-0.2, 0) is 17.4 Å². The van der Waals surface area contributed by atoms with Gasteiger partial charge in [-0.2, -0.15) is 4.80 Å². The van der Waals surface area contributed by atoms with E-state index in [1.807, 2.05) is 0 Å². The molecule has 13 nitrogen and oxygen atoms in total. The molecule has 4 aromatic heterocycles. The van der Waals surface area contributed by atoms with Crippen molar-refractivity contribution in [2.24, 2.45) is 7.05 Å². The summed E-state index contributed by atoms with van der Waals surface area (Å²) in [5.74, 6) is 0.239. The van der Waals surface area contributed by atoms with Gasteiger partial charge in [-0.1, -0.05) is 16.3 Å². The molecule has 0 aromatic carbocycles. The van der Waals surface area contributed by atoms with Gasteiger partial charge in [0.2, 0.25) is 11.5 Å². The van der Waals surface area contributed by atoms with Crippen molar-refractivity contribution >= 4 is 17.8 Å². The third kappa shape index (κ3) is 3.43.